The number of ether oxygens (including phenoxy) is 1. The molecule has 2 aromatic carbocycles. The van der Waals surface area contributed by atoms with Crippen molar-refractivity contribution < 1.29 is 19.4 Å². The Bertz CT molecular complexity index is 1180. The Morgan fingerprint density at radius 1 is 1.12 bits per heavy atom. The van der Waals surface area contributed by atoms with Crippen LogP contribution in [0.2, 0.25) is 0 Å². The molecule has 162 valence electrons. The van der Waals surface area contributed by atoms with E-state index in [0.29, 0.717) is 17.9 Å². The molecule has 1 saturated heterocycles. The van der Waals surface area contributed by atoms with Crippen LogP contribution in [0.1, 0.15) is 29.7 Å². The molecule has 1 aromatic heterocycles. The first-order valence-electron chi connectivity index (χ1n) is 10.2. The van der Waals surface area contributed by atoms with E-state index in [2.05, 4.69) is 20.9 Å². The molecule has 1 amide bonds. The van der Waals surface area contributed by atoms with Crippen molar-refractivity contribution in [2.75, 3.05) is 6.61 Å². The zero-order chi connectivity index (χ0) is 22.7. The third-order valence-electron chi connectivity index (χ3n) is 5.22. The Balaban J connectivity index is 1.84. The number of aliphatic hydroxyl groups is 1. The average molecular weight is 493 g/mol. The van der Waals surface area contributed by atoms with Crippen LogP contribution in [0.4, 0.5) is 0 Å². The first kappa shape index (κ1) is 21.8. The summed E-state index contributed by atoms with van der Waals surface area (Å²) in [5, 5.41) is 11.2. The second-order valence-electron chi connectivity index (χ2n) is 7.30. The van der Waals surface area contributed by atoms with Gasteiger partial charge in [-0.1, -0.05) is 46.3 Å². The third kappa shape index (κ3) is 4.29. The number of ketones is 1. The number of aromatic nitrogens is 1. The van der Waals surface area contributed by atoms with Gasteiger partial charge in [0.15, 0.2) is 0 Å². The summed E-state index contributed by atoms with van der Waals surface area (Å²) in [5.74, 6) is -1.04. The van der Waals surface area contributed by atoms with Crippen LogP contribution < -0.4 is 4.74 Å². The van der Waals surface area contributed by atoms with Gasteiger partial charge in [-0.25, -0.2) is 0 Å². The van der Waals surface area contributed by atoms with Crippen LogP contribution in [-0.2, 0) is 16.1 Å². The van der Waals surface area contributed by atoms with E-state index in [0.717, 1.165) is 15.6 Å². The molecular weight excluding hydrogens is 472 g/mol. The van der Waals surface area contributed by atoms with Gasteiger partial charge < -0.3 is 14.7 Å². The van der Waals surface area contributed by atoms with E-state index >= 15 is 0 Å². The van der Waals surface area contributed by atoms with E-state index in [9.17, 15) is 14.7 Å². The highest BCUT2D eigenvalue weighted by molar-refractivity contribution is 9.10. The lowest BCUT2D eigenvalue weighted by molar-refractivity contribution is -0.140. The molecule has 0 spiro atoms. The molecule has 1 N–H and O–H groups in total. The maximum absolute atomic E-state index is 13.1. The number of hydrogen-bond donors (Lipinski definition) is 1. The number of carbonyl (C=O) groups is 2. The number of benzene rings is 2. The van der Waals surface area contributed by atoms with Gasteiger partial charge in [-0.15, -0.1) is 0 Å². The lowest BCUT2D eigenvalue weighted by atomic mass is 9.95. The van der Waals surface area contributed by atoms with Crippen molar-refractivity contribution in [3.63, 3.8) is 0 Å². The van der Waals surface area contributed by atoms with Crippen LogP contribution >= 0.6 is 15.9 Å². The van der Waals surface area contributed by atoms with Crippen LogP contribution in [-0.4, -0.2) is 33.3 Å². The second-order valence-corrected chi connectivity index (χ2v) is 8.22. The Labute approximate surface area is 194 Å². The summed E-state index contributed by atoms with van der Waals surface area (Å²) < 4.78 is 6.39. The largest absolute Gasteiger partial charge is 0.507 e. The number of Topliss-reactive ketones (excluding diaryl/α,β-unsaturated/α-hetero) is 1. The number of carbonyl (C=O) groups excluding carboxylic acids is 2. The van der Waals surface area contributed by atoms with Gasteiger partial charge in [0.25, 0.3) is 11.7 Å². The van der Waals surface area contributed by atoms with Gasteiger partial charge in [0, 0.05) is 29.0 Å². The van der Waals surface area contributed by atoms with Gasteiger partial charge >= 0.3 is 0 Å². The first-order chi connectivity index (χ1) is 15.5. The Morgan fingerprint density at radius 2 is 1.91 bits per heavy atom. The van der Waals surface area contributed by atoms with E-state index < -0.39 is 17.7 Å². The van der Waals surface area contributed by atoms with Gasteiger partial charge in [-0.05, 0) is 48.4 Å². The van der Waals surface area contributed by atoms with Gasteiger partial charge in [-0.2, -0.15) is 0 Å². The fourth-order valence-electron chi connectivity index (χ4n) is 3.78. The number of pyridine rings is 1. The summed E-state index contributed by atoms with van der Waals surface area (Å²) in [6, 6.07) is 17.1. The van der Waals surface area contributed by atoms with E-state index in [4.69, 9.17) is 4.74 Å². The summed E-state index contributed by atoms with van der Waals surface area (Å²) in [4.78, 5) is 31.7. The Morgan fingerprint density at radius 3 is 2.59 bits per heavy atom. The fraction of sp³-hybridized carbons (Fsp3) is 0.160. The molecule has 3 aromatic rings. The van der Waals surface area contributed by atoms with Crippen molar-refractivity contribution in [1.82, 2.24) is 9.88 Å². The predicted octanol–water partition coefficient (Wildman–Crippen LogP) is 4.86. The van der Waals surface area contributed by atoms with Crippen LogP contribution in [0.15, 0.2) is 83.1 Å². The highest BCUT2D eigenvalue weighted by Crippen LogP contribution is 2.40. The molecule has 32 heavy (non-hydrogen) atoms. The summed E-state index contributed by atoms with van der Waals surface area (Å²) in [6.45, 7) is 2.53. The van der Waals surface area contributed by atoms with Gasteiger partial charge in [-0.3, -0.25) is 14.6 Å². The molecule has 0 bridgehead atoms. The highest BCUT2D eigenvalue weighted by atomic mass is 79.9. The number of amides is 1. The molecule has 2 heterocycles. The van der Waals surface area contributed by atoms with Crippen molar-refractivity contribution in [2.24, 2.45) is 0 Å². The highest BCUT2D eigenvalue weighted by Gasteiger charge is 2.46. The Kier molecular flexibility index (Phi) is 6.37. The summed E-state index contributed by atoms with van der Waals surface area (Å²) in [5.41, 5.74) is 1.97. The predicted molar refractivity (Wildman–Crippen MR) is 124 cm³/mol. The fourth-order valence-corrected chi connectivity index (χ4v) is 4.04. The lowest BCUT2D eigenvalue weighted by Gasteiger charge is -2.25. The first-order valence-corrected chi connectivity index (χ1v) is 10.9. The lowest BCUT2D eigenvalue weighted by Crippen LogP contribution is -2.29. The number of aliphatic hydroxyl groups excluding tert-OH is 1. The number of likely N-dealkylation sites (tertiary alicyclic amines) is 1. The topological polar surface area (TPSA) is 79.7 Å². The quantitative estimate of drug-likeness (QED) is 0.301. The maximum atomic E-state index is 13.1. The monoisotopic (exact) mass is 492 g/mol. The minimum atomic E-state index is -0.737. The summed E-state index contributed by atoms with van der Waals surface area (Å²) >= 11 is 3.42. The molecule has 1 unspecified atom stereocenters. The van der Waals surface area contributed by atoms with E-state index in [-0.39, 0.29) is 17.9 Å². The minimum Gasteiger partial charge on any atom is -0.507 e. The van der Waals surface area contributed by atoms with Gasteiger partial charge in [0.05, 0.1) is 18.2 Å². The van der Waals surface area contributed by atoms with Gasteiger partial charge in [0.1, 0.15) is 11.5 Å². The summed E-state index contributed by atoms with van der Waals surface area (Å²) in [7, 11) is 0. The second kappa shape index (κ2) is 9.36. The van der Waals surface area contributed by atoms with Crippen molar-refractivity contribution in [1.29, 1.82) is 0 Å². The van der Waals surface area contributed by atoms with Crippen molar-refractivity contribution in [3.8, 4) is 5.75 Å². The van der Waals surface area contributed by atoms with Crippen molar-refractivity contribution in [2.45, 2.75) is 19.5 Å². The third-order valence-corrected chi connectivity index (χ3v) is 5.75. The molecule has 0 saturated carbocycles. The SMILES string of the molecule is CCOc1cccc(C(O)=C2C(=O)C(=O)N(Cc3cccnc3)C2c2ccc(Br)cc2)c1. The van der Waals surface area contributed by atoms with Crippen molar-refractivity contribution in [3.05, 3.63) is 99.8 Å². The maximum Gasteiger partial charge on any atom is 0.295 e. The molecule has 6 nitrogen and oxygen atoms in total. The molecule has 0 radical (unpaired) electrons. The number of rotatable bonds is 6. The Hall–Kier alpha value is -3.45. The average Bonchev–Trinajstić information content (AvgIpc) is 3.05. The standard InChI is InChI=1S/C25H21BrN2O4/c1-2-32-20-7-3-6-18(13-20)23(29)21-22(17-8-10-19(26)11-9-17)28(25(31)24(21)30)15-16-5-4-12-27-14-16/h3-14,22,29H,2,15H2,1H3. The van der Waals surface area contributed by atoms with Crippen LogP contribution in [0, 0.1) is 0 Å². The van der Waals surface area contributed by atoms with Crippen LogP contribution in [0.3, 0.4) is 0 Å². The van der Waals surface area contributed by atoms with E-state index in [1.165, 1.54) is 4.90 Å². The van der Waals surface area contributed by atoms with E-state index in [1.807, 2.05) is 37.3 Å². The number of nitrogens with zero attached hydrogens (tertiary/aromatic N) is 2. The molecule has 1 aliphatic heterocycles. The molecular formula is C25H21BrN2O4. The molecule has 0 aliphatic carbocycles. The van der Waals surface area contributed by atoms with E-state index in [1.54, 1.807) is 42.7 Å². The van der Waals surface area contributed by atoms with Crippen LogP contribution in [0.25, 0.3) is 5.76 Å². The molecule has 4 rings (SSSR count). The molecule has 1 fully saturated rings. The summed E-state index contributed by atoms with van der Waals surface area (Å²) in [6.07, 6.45) is 3.30. The van der Waals surface area contributed by atoms with Gasteiger partial charge in [0.2, 0.25) is 0 Å². The normalized spacial score (nSPS) is 17.6. The van der Waals surface area contributed by atoms with Crippen molar-refractivity contribution >= 4 is 33.4 Å². The molecule has 1 atom stereocenters. The smallest absolute Gasteiger partial charge is 0.295 e. The van der Waals surface area contributed by atoms with Crippen LogP contribution in [0.5, 0.6) is 5.75 Å². The molecule has 1 aliphatic rings. The molecule has 7 heteroatoms. The number of hydrogen-bond acceptors (Lipinski definition) is 5. The minimum absolute atomic E-state index is 0.0508. The number of halogens is 1. The zero-order valence-electron chi connectivity index (χ0n) is 17.4. The zero-order valence-corrected chi connectivity index (χ0v) is 19.0.